The Morgan fingerprint density at radius 1 is 1.00 bits per heavy atom. The minimum absolute atomic E-state index is 0.665. The number of hydrogen-bond acceptors (Lipinski definition) is 2. The summed E-state index contributed by atoms with van der Waals surface area (Å²) in [6.45, 7) is 1.58. The van der Waals surface area contributed by atoms with Gasteiger partial charge in [0.25, 0.3) is 0 Å². The molecule has 0 aromatic heterocycles. The zero-order chi connectivity index (χ0) is 9.61. The Morgan fingerprint density at radius 2 is 1.58 bits per heavy atom. The molecule has 0 aliphatic heterocycles. The molecule has 74 valence electrons. The fraction of sp³-hybridized carbons (Fsp3) is 1.00. The van der Waals surface area contributed by atoms with Gasteiger partial charge in [0.15, 0.2) is 0 Å². The van der Waals surface area contributed by atoms with Gasteiger partial charge in [-0.2, -0.15) is 0 Å². The van der Waals surface area contributed by atoms with Gasteiger partial charge in [0, 0.05) is 12.8 Å². The number of nitrogens with zero attached hydrogens (tertiary/aromatic N) is 1. The van der Waals surface area contributed by atoms with E-state index in [1.54, 1.807) is 0 Å². The fourth-order valence-electron chi connectivity index (χ4n) is 1.46. The molecule has 0 bridgehead atoms. The average Bonchev–Trinajstić information content (AvgIpc) is 1.95. The van der Waals surface area contributed by atoms with Gasteiger partial charge in [-0.3, -0.25) is 0 Å². The number of hydrogen-bond donors (Lipinski definition) is 2. The van der Waals surface area contributed by atoms with Crippen LogP contribution in [0.1, 0.15) is 19.3 Å². The molecule has 4 N–H and O–H groups in total. The van der Waals surface area contributed by atoms with Crippen molar-refractivity contribution >= 4 is 0 Å². The number of quaternary nitrogens is 1. The van der Waals surface area contributed by atoms with Crippen LogP contribution < -0.4 is 11.5 Å². The summed E-state index contributed by atoms with van der Waals surface area (Å²) in [5.74, 6) is 0. The molecular weight excluding hydrogens is 150 g/mol. The molecule has 0 amide bonds. The van der Waals surface area contributed by atoms with Crippen molar-refractivity contribution in [3.8, 4) is 0 Å². The molecule has 0 rings (SSSR count). The Morgan fingerprint density at radius 3 is 1.92 bits per heavy atom. The largest absolute Gasteiger partial charge is 0.330 e. The Bertz CT molecular complexity index is 107. The molecular formula is C9H24N3+. The van der Waals surface area contributed by atoms with Crippen molar-refractivity contribution in [2.24, 2.45) is 11.5 Å². The summed E-state index contributed by atoms with van der Waals surface area (Å²) in [5.41, 5.74) is 11.0. The highest BCUT2D eigenvalue weighted by Crippen LogP contribution is 2.12. The molecule has 0 heterocycles. The quantitative estimate of drug-likeness (QED) is 0.563. The predicted octanol–water partition coefficient (Wildman–Crippen LogP) is 0.149. The highest BCUT2D eigenvalue weighted by atomic mass is 15.3. The van der Waals surface area contributed by atoms with E-state index >= 15 is 0 Å². The van der Waals surface area contributed by atoms with Gasteiger partial charge in [0.1, 0.15) is 0 Å². The zero-order valence-electron chi connectivity index (χ0n) is 8.71. The van der Waals surface area contributed by atoms with Gasteiger partial charge >= 0.3 is 0 Å². The van der Waals surface area contributed by atoms with Gasteiger partial charge < -0.3 is 16.0 Å². The topological polar surface area (TPSA) is 52.0 Å². The van der Waals surface area contributed by atoms with E-state index in [0.717, 1.165) is 30.4 Å². The smallest absolute Gasteiger partial charge is 0.0896 e. The Balaban J connectivity index is 3.86. The third-order valence-corrected chi connectivity index (χ3v) is 2.34. The van der Waals surface area contributed by atoms with Crippen LogP contribution in [0.25, 0.3) is 0 Å². The van der Waals surface area contributed by atoms with E-state index in [2.05, 4.69) is 21.1 Å². The van der Waals surface area contributed by atoms with E-state index < -0.39 is 0 Å². The summed E-state index contributed by atoms with van der Waals surface area (Å²) >= 11 is 0. The molecule has 0 fully saturated rings. The first-order valence-electron chi connectivity index (χ1n) is 4.73. The monoisotopic (exact) mass is 174 g/mol. The lowest BCUT2D eigenvalue weighted by molar-refractivity contribution is -0.896. The second kappa shape index (κ2) is 5.51. The van der Waals surface area contributed by atoms with E-state index in [-0.39, 0.29) is 0 Å². The van der Waals surface area contributed by atoms with Crippen LogP contribution in [-0.2, 0) is 0 Å². The van der Waals surface area contributed by atoms with Crippen molar-refractivity contribution in [2.75, 3.05) is 34.2 Å². The molecule has 0 aliphatic carbocycles. The third-order valence-electron chi connectivity index (χ3n) is 2.34. The minimum atomic E-state index is 0.665. The molecule has 12 heavy (non-hydrogen) atoms. The van der Waals surface area contributed by atoms with Crippen molar-refractivity contribution in [3.05, 3.63) is 0 Å². The molecule has 1 unspecified atom stereocenters. The van der Waals surface area contributed by atoms with Crippen molar-refractivity contribution in [3.63, 3.8) is 0 Å². The summed E-state index contributed by atoms with van der Waals surface area (Å²) in [5, 5.41) is 0. The summed E-state index contributed by atoms with van der Waals surface area (Å²) in [6.07, 6.45) is 3.40. The van der Waals surface area contributed by atoms with Crippen LogP contribution in [0.3, 0.4) is 0 Å². The first-order chi connectivity index (χ1) is 5.52. The molecule has 0 radical (unpaired) electrons. The summed E-state index contributed by atoms with van der Waals surface area (Å²) < 4.78 is 0.997. The van der Waals surface area contributed by atoms with Crippen molar-refractivity contribution < 1.29 is 4.48 Å². The summed E-state index contributed by atoms with van der Waals surface area (Å²) in [4.78, 5) is 0. The molecule has 0 aliphatic rings. The molecule has 3 nitrogen and oxygen atoms in total. The standard InChI is InChI=1S/C9H24N3/c1-12(2,3)9(6-8-11)5-4-7-10/h9H,4-8,10-11H2,1-3H3/q+1. The van der Waals surface area contributed by atoms with Crippen LogP contribution in [0.4, 0.5) is 0 Å². The van der Waals surface area contributed by atoms with E-state index in [9.17, 15) is 0 Å². The van der Waals surface area contributed by atoms with Crippen molar-refractivity contribution in [2.45, 2.75) is 25.3 Å². The highest BCUT2D eigenvalue weighted by Gasteiger charge is 2.21. The van der Waals surface area contributed by atoms with Gasteiger partial charge in [0.05, 0.1) is 27.2 Å². The maximum Gasteiger partial charge on any atom is 0.0896 e. The first-order valence-corrected chi connectivity index (χ1v) is 4.73. The van der Waals surface area contributed by atoms with Crippen LogP contribution in [0.2, 0.25) is 0 Å². The van der Waals surface area contributed by atoms with Crippen LogP contribution >= 0.6 is 0 Å². The maximum atomic E-state index is 5.56. The average molecular weight is 174 g/mol. The fourth-order valence-corrected chi connectivity index (χ4v) is 1.46. The highest BCUT2D eigenvalue weighted by molar-refractivity contribution is 4.59. The first kappa shape index (κ1) is 11.9. The molecule has 0 aromatic rings. The molecule has 0 spiro atoms. The Hall–Kier alpha value is -0.120. The lowest BCUT2D eigenvalue weighted by Crippen LogP contribution is -2.46. The number of nitrogens with two attached hydrogens (primary N) is 2. The van der Waals surface area contributed by atoms with Crippen LogP contribution in [0.15, 0.2) is 0 Å². The van der Waals surface area contributed by atoms with Crippen molar-refractivity contribution in [1.29, 1.82) is 0 Å². The molecule has 0 saturated carbocycles. The second-order valence-corrected chi connectivity index (χ2v) is 4.28. The molecule has 3 heteroatoms. The summed E-state index contributed by atoms with van der Waals surface area (Å²) in [7, 11) is 6.66. The lowest BCUT2D eigenvalue weighted by Gasteiger charge is -2.34. The van der Waals surface area contributed by atoms with E-state index in [1.807, 2.05) is 0 Å². The normalized spacial score (nSPS) is 14.8. The molecule has 1 atom stereocenters. The third kappa shape index (κ3) is 4.70. The van der Waals surface area contributed by atoms with Crippen LogP contribution in [0, 0.1) is 0 Å². The maximum absolute atomic E-state index is 5.56. The van der Waals surface area contributed by atoms with Gasteiger partial charge in [-0.25, -0.2) is 0 Å². The SMILES string of the molecule is C[N+](C)(C)C(CCN)CCCN. The van der Waals surface area contributed by atoms with E-state index in [1.165, 1.54) is 6.42 Å². The summed E-state index contributed by atoms with van der Waals surface area (Å²) in [6, 6.07) is 0.665. The Labute approximate surface area is 76.3 Å². The van der Waals surface area contributed by atoms with Crippen molar-refractivity contribution in [1.82, 2.24) is 0 Å². The molecule has 0 aromatic carbocycles. The number of rotatable bonds is 6. The minimum Gasteiger partial charge on any atom is -0.330 e. The predicted molar refractivity (Wildman–Crippen MR) is 53.8 cm³/mol. The second-order valence-electron chi connectivity index (χ2n) is 4.28. The van der Waals surface area contributed by atoms with E-state index in [4.69, 9.17) is 11.5 Å². The van der Waals surface area contributed by atoms with Gasteiger partial charge in [-0.15, -0.1) is 0 Å². The van der Waals surface area contributed by atoms with Gasteiger partial charge in [0.2, 0.25) is 0 Å². The zero-order valence-corrected chi connectivity index (χ0v) is 8.71. The Kier molecular flexibility index (Phi) is 5.46. The van der Waals surface area contributed by atoms with Crippen LogP contribution in [0.5, 0.6) is 0 Å². The van der Waals surface area contributed by atoms with Gasteiger partial charge in [-0.1, -0.05) is 0 Å². The van der Waals surface area contributed by atoms with Gasteiger partial charge in [-0.05, 0) is 19.5 Å². The lowest BCUT2D eigenvalue weighted by atomic mass is 10.1. The van der Waals surface area contributed by atoms with E-state index in [0.29, 0.717) is 6.04 Å². The molecule has 0 saturated heterocycles. The van der Waals surface area contributed by atoms with Crippen LogP contribution in [-0.4, -0.2) is 44.8 Å².